The van der Waals surface area contributed by atoms with Crippen LogP contribution in [0, 0.1) is 4.77 Å². The Morgan fingerprint density at radius 3 is 2.97 bits per heavy atom. The van der Waals surface area contributed by atoms with Crippen molar-refractivity contribution in [2.45, 2.75) is 45.9 Å². The highest BCUT2D eigenvalue weighted by atomic mass is 32.1. The third kappa shape index (κ3) is 4.49. The normalized spacial score (nSPS) is 14.8. The van der Waals surface area contributed by atoms with E-state index in [0.29, 0.717) is 28.8 Å². The van der Waals surface area contributed by atoms with Gasteiger partial charge in [-0.15, -0.1) is 0 Å². The molecule has 0 aliphatic carbocycles. The number of rotatable bonds is 7. The predicted molar refractivity (Wildman–Crippen MR) is 121 cm³/mol. The Balaban J connectivity index is 1.44. The third-order valence-corrected chi connectivity index (χ3v) is 5.63. The fourth-order valence-electron chi connectivity index (χ4n) is 3.81. The number of benzene rings is 2. The van der Waals surface area contributed by atoms with Crippen LogP contribution in [0.3, 0.4) is 0 Å². The van der Waals surface area contributed by atoms with E-state index in [1.807, 2.05) is 32.0 Å². The highest BCUT2D eigenvalue weighted by molar-refractivity contribution is 7.71. The molecule has 1 aliphatic heterocycles. The minimum absolute atomic E-state index is 0.137. The molecule has 0 bridgehead atoms. The van der Waals surface area contributed by atoms with E-state index in [-0.39, 0.29) is 30.5 Å². The van der Waals surface area contributed by atoms with E-state index in [9.17, 15) is 9.59 Å². The van der Waals surface area contributed by atoms with Gasteiger partial charge < -0.3 is 19.8 Å². The van der Waals surface area contributed by atoms with Gasteiger partial charge in [-0.25, -0.2) is 0 Å². The van der Waals surface area contributed by atoms with Crippen molar-refractivity contribution in [2.75, 3.05) is 6.61 Å². The zero-order valence-electron chi connectivity index (χ0n) is 17.6. The van der Waals surface area contributed by atoms with Crippen LogP contribution < -0.4 is 20.3 Å². The first kappa shape index (κ1) is 21.1. The number of para-hydroxylation sites is 1. The van der Waals surface area contributed by atoms with Crippen LogP contribution in [-0.4, -0.2) is 28.2 Å². The average molecular weight is 440 g/mol. The van der Waals surface area contributed by atoms with Crippen molar-refractivity contribution in [3.63, 3.8) is 0 Å². The van der Waals surface area contributed by atoms with Gasteiger partial charge in [0.15, 0.2) is 4.77 Å². The lowest BCUT2D eigenvalue weighted by Crippen LogP contribution is -2.28. The van der Waals surface area contributed by atoms with Crippen LogP contribution in [0.25, 0.3) is 10.9 Å². The van der Waals surface area contributed by atoms with Crippen LogP contribution in [0.2, 0.25) is 0 Å². The number of fused-ring (bicyclic) bond motifs is 2. The van der Waals surface area contributed by atoms with Crippen molar-refractivity contribution in [2.24, 2.45) is 0 Å². The summed E-state index contributed by atoms with van der Waals surface area (Å²) in [7, 11) is 0. The Labute approximate surface area is 185 Å². The first-order valence-corrected chi connectivity index (χ1v) is 10.8. The lowest BCUT2D eigenvalue weighted by Gasteiger charge is -2.14. The smallest absolute Gasteiger partial charge is 0.262 e. The van der Waals surface area contributed by atoms with Crippen molar-refractivity contribution in [3.8, 4) is 11.5 Å². The summed E-state index contributed by atoms with van der Waals surface area (Å²) in [6.07, 6.45) is 1.13. The summed E-state index contributed by atoms with van der Waals surface area (Å²) in [6.45, 7) is 5.02. The molecule has 2 aromatic carbocycles. The van der Waals surface area contributed by atoms with Gasteiger partial charge in [0.1, 0.15) is 17.6 Å². The van der Waals surface area contributed by atoms with E-state index in [2.05, 4.69) is 10.3 Å². The SMILES string of the molecule is CCOc1cc2c(cc1CNC(=O)CCn1c(=S)[nH]c3ccccc3c1=O)OC(C)C2. The maximum absolute atomic E-state index is 12.7. The van der Waals surface area contributed by atoms with Gasteiger partial charge in [-0.3, -0.25) is 14.2 Å². The Kier molecular flexibility index (Phi) is 6.08. The van der Waals surface area contributed by atoms with Crippen LogP contribution in [0.5, 0.6) is 11.5 Å². The molecule has 2 heterocycles. The van der Waals surface area contributed by atoms with Crippen LogP contribution in [0.1, 0.15) is 31.4 Å². The number of ether oxygens (including phenoxy) is 2. The second-order valence-corrected chi connectivity index (χ2v) is 7.98. The van der Waals surface area contributed by atoms with Gasteiger partial charge in [0.25, 0.3) is 5.56 Å². The van der Waals surface area contributed by atoms with Crippen molar-refractivity contribution in [3.05, 3.63) is 62.6 Å². The maximum Gasteiger partial charge on any atom is 0.262 e. The molecule has 1 aromatic heterocycles. The number of H-pyrrole nitrogens is 1. The van der Waals surface area contributed by atoms with Crippen molar-refractivity contribution < 1.29 is 14.3 Å². The molecule has 0 saturated carbocycles. The minimum atomic E-state index is -0.198. The van der Waals surface area contributed by atoms with E-state index >= 15 is 0 Å². The molecule has 31 heavy (non-hydrogen) atoms. The van der Waals surface area contributed by atoms with Crippen LogP contribution in [0.15, 0.2) is 41.2 Å². The van der Waals surface area contributed by atoms with Gasteiger partial charge in [0.05, 0.1) is 17.5 Å². The van der Waals surface area contributed by atoms with Crippen LogP contribution >= 0.6 is 12.2 Å². The fourth-order valence-corrected chi connectivity index (χ4v) is 4.09. The number of carbonyl (C=O) groups excluding carboxylic acids is 1. The summed E-state index contributed by atoms with van der Waals surface area (Å²) < 4.78 is 13.3. The van der Waals surface area contributed by atoms with Crippen molar-refractivity contribution in [1.82, 2.24) is 14.9 Å². The Hall–Kier alpha value is -3.13. The number of nitrogens with one attached hydrogen (secondary N) is 2. The van der Waals surface area contributed by atoms with E-state index < -0.39 is 0 Å². The van der Waals surface area contributed by atoms with Crippen LogP contribution in [0.4, 0.5) is 0 Å². The highest BCUT2D eigenvalue weighted by Crippen LogP contribution is 2.35. The zero-order chi connectivity index (χ0) is 22.0. The number of amides is 1. The number of carbonyl (C=O) groups is 1. The molecule has 4 rings (SSSR count). The largest absolute Gasteiger partial charge is 0.494 e. The molecule has 1 amide bonds. The van der Waals surface area contributed by atoms with Gasteiger partial charge in [-0.05, 0) is 50.3 Å². The molecule has 0 radical (unpaired) electrons. The Morgan fingerprint density at radius 2 is 2.16 bits per heavy atom. The van der Waals surface area contributed by atoms with Gasteiger partial charge in [0.2, 0.25) is 5.91 Å². The van der Waals surface area contributed by atoms with Crippen LogP contribution in [-0.2, 0) is 24.3 Å². The maximum atomic E-state index is 12.7. The summed E-state index contributed by atoms with van der Waals surface area (Å²) in [5.41, 5.74) is 2.48. The fraction of sp³-hybridized carbons (Fsp3) is 0.348. The molecule has 8 heteroatoms. The zero-order valence-corrected chi connectivity index (χ0v) is 18.4. The molecule has 162 valence electrons. The van der Waals surface area contributed by atoms with Crippen molar-refractivity contribution >= 4 is 29.0 Å². The lowest BCUT2D eigenvalue weighted by atomic mass is 10.1. The first-order valence-electron chi connectivity index (χ1n) is 10.4. The molecule has 0 saturated heterocycles. The minimum Gasteiger partial charge on any atom is -0.494 e. The number of nitrogens with zero attached hydrogens (tertiary/aromatic N) is 1. The molecule has 0 spiro atoms. The highest BCUT2D eigenvalue weighted by Gasteiger charge is 2.22. The second kappa shape index (κ2) is 8.93. The molecule has 2 N–H and O–H groups in total. The molecule has 1 aliphatic rings. The summed E-state index contributed by atoms with van der Waals surface area (Å²) in [5, 5.41) is 3.46. The van der Waals surface area contributed by atoms with E-state index in [0.717, 1.165) is 29.0 Å². The van der Waals surface area contributed by atoms with Gasteiger partial charge in [-0.1, -0.05) is 12.1 Å². The summed E-state index contributed by atoms with van der Waals surface area (Å²) >= 11 is 5.31. The molecule has 7 nitrogen and oxygen atoms in total. The number of hydrogen-bond acceptors (Lipinski definition) is 5. The molecule has 1 unspecified atom stereocenters. The molecule has 3 aromatic rings. The van der Waals surface area contributed by atoms with E-state index in [1.165, 1.54) is 4.57 Å². The quantitative estimate of drug-likeness (QED) is 0.551. The topological polar surface area (TPSA) is 85.4 Å². The van der Waals surface area contributed by atoms with Gasteiger partial charge >= 0.3 is 0 Å². The molecule has 0 fully saturated rings. The summed E-state index contributed by atoms with van der Waals surface area (Å²) in [4.78, 5) is 28.2. The third-order valence-electron chi connectivity index (χ3n) is 5.31. The number of aromatic nitrogens is 2. The molecular weight excluding hydrogens is 414 g/mol. The monoisotopic (exact) mass is 439 g/mol. The molecular formula is C23H25N3O4S. The Morgan fingerprint density at radius 1 is 1.35 bits per heavy atom. The number of aromatic amines is 1. The lowest BCUT2D eigenvalue weighted by molar-refractivity contribution is -0.121. The summed E-state index contributed by atoms with van der Waals surface area (Å²) in [6, 6.07) is 11.1. The van der Waals surface area contributed by atoms with E-state index in [4.69, 9.17) is 21.7 Å². The number of hydrogen-bond donors (Lipinski definition) is 2. The van der Waals surface area contributed by atoms with Gasteiger partial charge in [0, 0.05) is 37.1 Å². The van der Waals surface area contributed by atoms with Crippen molar-refractivity contribution in [1.29, 1.82) is 0 Å². The van der Waals surface area contributed by atoms with Gasteiger partial charge in [-0.2, -0.15) is 0 Å². The average Bonchev–Trinajstić information content (AvgIpc) is 3.11. The summed E-state index contributed by atoms with van der Waals surface area (Å²) in [5.74, 6) is 1.42. The predicted octanol–water partition coefficient (Wildman–Crippen LogP) is 3.49. The Bertz CT molecular complexity index is 1250. The van der Waals surface area contributed by atoms with E-state index in [1.54, 1.807) is 18.2 Å². The standard InChI is InChI=1S/C23H25N3O4S/c1-3-29-19-11-15-10-14(2)30-20(15)12-16(19)13-24-21(27)8-9-26-22(28)17-6-4-5-7-18(17)25-23(26)31/h4-7,11-12,14H,3,8-10,13H2,1-2H3,(H,24,27)(H,25,31). The first-order chi connectivity index (χ1) is 15.0. The second-order valence-electron chi connectivity index (χ2n) is 7.59. The molecule has 1 atom stereocenters.